The highest BCUT2D eigenvalue weighted by Gasteiger charge is 2.10. The van der Waals surface area contributed by atoms with E-state index in [1.165, 1.54) is 3.57 Å². The van der Waals surface area contributed by atoms with Crippen molar-refractivity contribution < 1.29 is 0 Å². The molecule has 0 amide bonds. The lowest BCUT2D eigenvalue weighted by molar-refractivity contribution is 0.761. The molecule has 0 spiro atoms. The number of hydrogen-bond acceptors (Lipinski definition) is 2. The first-order chi connectivity index (χ1) is 7.18. The Labute approximate surface area is 107 Å². The molecule has 1 aromatic heterocycles. The lowest BCUT2D eigenvalue weighted by Crippen LogP contribution is -2.02. The lowest BCUT2D eigenvalue weighted by Gasteiger charge is -2.07. The van der Waals surface area contributed by atoms with Gasteiger partial charge in [0.15, 0.2) is 0 Å². The zero-order valence-corrected chi connectivity index (χ0v) is 11.0. The molecule has 0 aliphatic heterocycles. The highest BCUT2D eigenvalue weighted by molar-refractivity contribution is 14.1. The first kappa shape index (κ1) is 10.9. The van der Waals surface area contributed by atoms with Crippen molar-refractivity contribution in [3.8, 4) is 5.69 Å². The zero-order chi connectivity index (χ0) is 10.8. The van der Waals surface area contributed by atoms with Gasteiger partial charge in [-0.15, -0.1) is 16.7 Å². The molecule has 1 unspecified atom stereocenters. The van der Waals surface area contributed by atoms with Crippen molar-refractivity contribution in [1.82, 2.24) is 15.0 Å². The molecule has 2 aromatic rings. The van der Waals surface area contributed by atoms with Crippen LogP contribution < -0.4 is 0 Å². The van der Waals surface area contributed by atoms with Gasteiger partial charge in [-0.1, -0.05) is 5.21 Å². The van der Waals surface area contributed by atoms with E-state index < -0.39 is 0 Å². The van der Waals surface area contributed by atoms with Crippen LogP contribution >= 0.6 is 34.2 Å². The summed E-state index contributed by atoms with van der Waals surface area (Å²) in [5, 5.41) is 7.79. The fraction of sp³-hybridized carbons (Fsp3) is 0.200. The minimum Gasteiger partial charge on any atom is -0.216 e. The van der Waals surface area contributed by atoms with E-state index in [0.29, 0.717) is 0 Å². The van der Waals surface area contributed by atoms with Gasteiger partial charge in [0.1, 0.15) is 0 Å². The van der Waals surface area contributed by atoms with Crippen molar-refractivity contribution >= 4 is 34.2 Å². The van der Waals surface area contributed by atoms with E-state index in [1.807, 2.05) is 31.2 Å². The Morgan fingerprint density at radius 1 is 1.33 bits per heavy atom. The van der Waals surface area contributed by atoms with Gasteiger partial charge in [-0.3, -0.25) is 0 Å². The van der Waals surface area contributed by atoms with E-state index >= 15 is 0 Å². The average molecular weight is 334 g/mol. The summed E-state index contributed by atoms with van der Waals surface area (Å²) < 4.78 is 2.95. The van der Waals surface area contributed by atoms with E-state index in [1.54, 1.807) is 10.9 Å². The lowest BCUT2D eigenvalue weighted by atomic mass is 10.3. The quantitative estimate of drug-likeness (QED) is 0.624. The van der Waals surface area contributed by atoms with Crippen LogP contribution in [0.2, 0.25) is 0 Å². The van der Waals surface area contributed by atoms with Crippen LogP contribution in [0, 0.1) is 3.57 Å². The second-order valence-electron chi connectivity index (χ2n) is 3.16. The molecule has 0 bridgehead atoms. The van der Waals surface area contributed by atoms with Crippen molar-refractivity contribution in [2.75, 3.05) is 0 Å². The third-order valence-electron chi connectivity index (χ3n) is 2.05. The molecule has 0 aliphatic rings. The molecule has 0 aliphatic carbocycles. The highest BCUT2D eigenvalue weighted by atomic mass is 127. The van der Waals surface area contributed by atoms with E-state index in [0.717, 1.165) is 11.4 Å². The van der Waals surface area contributed by atoms with Gasteiger partial charge in [-0.05, 0) is 53.8 Å². The summed E-state index contributed by atoms with van der Waals surface area (Å²) in [7, 11) is 0. The van der Waals surface area contributed by atoms with Crippen LogP contribution in [0.25, 0.3) is 5.69 Å². The zero-order valence-electron chi connectivity index (χ0n) is 8.06. The summed E-state index contributed by atoms with van der Waals surface area (Å²) >= 11 is 8.29. The van der Waals surface area contributed by atoms with E-state index in [4.69, 9.17) is 11.6 Å². The molecule has 5 heteroatoms. The van der Waals surface area contributed by atoms with Gasteiger partial charge < -0.3 is 0 Å². The number of benzene rings is 1. The van der Waals surface area contributed by atoms with Gasteiger partial charge in [0.2, 0.25) is 0 Å². The molecule has 78 valence electrons. The maximum atomic E-state index is 6.03. The number of alkyl halides is 1. The monoisotopic (exact) mass is 333 g/mol. The average Bonchev–Trinajstić information content (AvgIpc) is 2.67. The van der Waals surface area contributed by atoms with Crippen molar-refractivity contribution in [2.24, 2.45) is 0 Å². The Kier molecular flexibility index (Phi) is 3.25. The Hall–Kier alpha value is -0.620. The van der Waals surface area contributed by atoms with Gasteiger partial charge in [-0.25, -0.2) is 4.68 Å². The van der Waals surface area contributed by atoms with Gasteiger partial charge in [-0.2, -0.15) is 0 Å². The minimum atomic E-state index is -0.0979. The second-order valence-corrected chi connectivity index (χ2v) is 5.06. The summed E-state index contributed by atoms with van der Waals surface area (Å²) in [6, 6.07) is 8.05. The van der Waals surface area contributed by atoms with E-state index in [2.05, 4.69) is 32.9 Å². The molecule has 0 fully saturated rings. The third kappa shape index (κ3) is 2.31. The van der Waals surface area contributed by atoms with Gasteiger partial charge in [0.25, 0.3) is 0 Å². The molecule has 1 heterocycles. The molecule has 0 saturated heterocycles. The summed E-state index contributed by atoms with van der Waals surface area (Å²) in [6.45, 7) is 1.91. The van der Waals surface area contributed by atoms with E-state index in [-0.39, 0.29) is 5.38 Å². The van der Waals surface area contributed by atoms with Crippen molar-refractivity contribution in [3.05, 3.63) is 39.7 Å². The molecule has 3 nitrogen and oxygen atoms in total. The standard InChI is InChI=1S/C10H9ClIN3/c1-7(11)10-6-13-14-15(10)9-4-2-8(12)3-5-9/h2-7H,1H3. The Bertz CT molecular complexity index is 450. The van der Waals surface area contributed by atoms with Crippen molar-refractivity contribution in [3.63, 3.8) is 0 Å². The summed E-state index contributed by atoms with van der Waals surface area (Å²) in [6.07, 6.45) is 1.69. The highest BCUT2D eigenvalue weighted by Crippen LogP contribution is 2.21. The van der Waals surface area contributed by atoms with Gasteiger partial charge >= 0.3 is 0 Å². The predicted octanol–water partition coefficient (Wildman–Crippen LogP) is 3.17. The molecule has 1 aromatic carbocycles. The largest absolute Gasteiger partial charge is 0.216 e. The number of hydrogen-bond donors (Lipinski definition) is 0. The predicted molar refractivity (Wildman–Crippen MR) is 68.3 cm³/mol. The Balaban J connectivity index is 2.45. The van der Waals surface area contributed by atoms with Crippen LogP contribution in [0.4, 0.5) is 0 Å². The Morgan fingerprint density at radius 3 is 2.60 bits per heavy atom. The number of rotatable bonds is 2. The topological polar surface area (TPSA) is 30.7 Å². The summed E-state index contributed by atoms with van der Waals surface area (Å²) in [5.74, 6) is 0. The summed E-state index contributed by atoms with van der Waals surface area (Å²) in [4.78, 5) is 0. The third-order valence-corrected chi connectivity index (χ3v) is 3.00. The molecule has 0 N–H and O–H groups in total. The molecular formula is C10H9ClIN3. The molecule has 0 radical (unpaired) electrons. The SMILES string of the molecule is CC(Cl)c1cnnn1-c1ccc(I)cc1. The summed E-state index contributed by atoms with van der Waals surface area (Å²) in [5.41, 5.74) is 1.88. The number of aromatic nitrogens is 3. The first-order valence-corrected chi connectivity index (χ1v) is 6.00. The molecule has 2 rings (SSSR count). The minimum absolute atomic E-state index is 0.0979. The van der Waals surface area contributed by atoms with Gasteiger partial charge in [0.05, 0.1) is 23.0 Å². The smallest absolute Gasteiger partial charge is 0.0821 e. The molecule has 0 saturated carbocycles. The maximum absolute atomic E-state index is 6.03. The maximum Gasteiger partial charge on any atom is 0.0821 e. The second kappa shape index (κ2) is 4.49. The first-order valence-electron chi connectivity index (χ1n) is 4.49. The van der Waals surface area contributed by atoms with Crippen molar-refractivity contribution in [1.29, 1.82) is 0 Å². The Morgan fingerprint density at radius 2 is 2.00 bits per heavy atom. The number of nitrogens with zero attached hydrogens (tertiary/aromatic N) is 3. The normalized spacial score (nSPS) is 12.7. The van der Waals surface area contributed by atoms with Crippen LogP contribution in [-0.2, 0) is 0 Å². The molecule has 15 heavy (non-hydrogen) atoms. The van der Waals surface area contributed by atoms with Gasteiger partial charge in [0, 0.05) is 3.57 Å². The molecule has 1 atom stereocenters. The van der Waals surface area contributed by atoms with Crippen LogP contribution in [0.1, 0.15) is 18.0 Å². The fourth-order valence-corrected chi connectivity index (χ4v) is 1.81. The fourth-order valence-electron chi connectivity index (χ4n) is 1.30. The molecular weight excluding hydrogens is 324 g/mol. The van der Waals surface area contributed by atoms with E-state index in [9.17, 15) is 0 Å². The van der Waals surface area contributed by atoms with Crippen LogP contribution in [-0.4, -0.2) is 15.0 Å². The van der Waals surface area contributed by atoms with Crippen LogP contribution in [0.15, 0.2) is 30.5 Å². The van der Waals surface area contributed by atoms with Crippen LogP contribution in [0.3, 0.4) is 0 Å². The van der Waals surface area contributed by atoms with Crippen LogP contribution in [0.5, 0.6) is 0 Å². The number of halogens is 2. The van der Waals surface area contributed by atoms with Crippen molar-refractivity contribution in [2.45, 2.75) is 12.3 Å².